The molecule has 0 unspecified atom stereocenters. The first-order chi connectivity index (χ1) is 9.72. The topological polar surface area (TPSA) is 54.5 Å². The first kappa shape index (κ1) is 13.4. The number of hydrogen-bond donors (Lipinski definition) is 1. The SMILES string of the molecule is C[C@H]1CN(c2cccc(CC3CCNCC3)n2)C(=O)O1. The fourth-order valence-electron chi connectivity index (χ4n) is 2.90. The number of anilines is 1. The molecule has 2 fully saturated rings. The molecule has 0 aliphatic carbocycles. The predicted molar refractivity (Wildman–Crippen MR) is 76.8 cm³/mol. The van der Waals surface area contributed by atoms with E-state index in [4.69, 9.17) is 4.74 Å². The molecule has 2 saturated heterocycles. The van der Waals surface area contributed by atoms with Gasteiger partial charge in [0.2, 0.25) is 0 Å². The van der Waals surface area contributed by atoms with Crippen molar-refractivity contribution in [3.63, 3.8) is 0 Å². The molecule has 1 N–H and O–H groups in total. The first-order valence-corrected chi connectivity index (χ1v) is 7.37. The minimum atomic E-state index is -0.288. The molecule has 3 heterocycles. The van der Waals surface area contributed by atoms with Crippen LogP contribution in [0.3, 0.4) is 0 Å². The van der Waals surface area contributed by atoms with Gasteiger partial charge in [-0.3, -0.25) is 4.90 Å². The lowest BCUT2D eigenvalue weighted by Crippen LogP contribution is -2.29. The van der Waals surface area contributed by atoms with Crippen LogP contribution in [0.1, 0.15) is 25.5 Å². The highest BCUT2D eigenvalue weighted by atomic mass is 16.6. The maximum Gasteiger partial charge on any atom is 0.415 e. The number of piperidine rings is 1. The summed E-state index contributed by atoms with van der Waals surface area (Å²) in [6.45, 7) is 4.68. The molecule has 5 nitrogen and oxygen atoms in total. The summed E-state index contributed by atoms with van der Waals surface area (Å²) >= 11 is 0. The lowest BCUT2D eigenvalue weighted by atomic mass is 9.93. The summed E-state index contributed by atoms with van der Waals surface area (Å²) in [7, 11) is 0. The number of pyridine rings is 1. The fraction of sp³-hybridized carbons (Fsp3) is 0.600. The van der Waals surface area contributed by atoms with Crippen LogP contribution in [-0.4, -0.2) is 36.8 Å². The van der Waals surface area contributed by atoms with Gasteiger partial charge >= 0.3 is 6.09 Å². The normalized spacial score (nSPS) is 23.9. The number of cyclic esters (lactones) is 1. The Morgan fingerprint density at radius 3 is 2.90 bits per heavy atom. The van der Waals surface area contributed by atoms with Gasteiger partial charge in [-0.25, -0.2) is 9.78 Å². The third-order valence-corrected chi connectivity index (χ3v) is 3.99. The molecule has 1 aromatic heterocycles. The number of aromatic nitrogens is 1. The van der Waals surface area contributed by atoms with E-state index in [1.165, 1.54) is 12.8 Å². The van der Waals surface area contributed by atoms with Crippen LogP contribution in [0.25, 0.3) is 0 Å². The summed E-state index contributed by atoms with van der Waals surface area (Å²) < 4.78 is 5.16. The molecule has 20 heavy (non-hydrogen) atoms. The van der Waals surface area contributed by atoms with Gasteiger partial charge in [-0.05, 0) is 57.3 Å². The average Bonchev–Trinajstić information content (AvgIpc) is 2.79. The molecule has 108 valence electrons. The van der Waals surface area contributed by atoms with Crippen LogP contribution in [-0.2, 0) is 11.2 Å². The number of hydrogen-bond acceptors (Lipinski definition) is 4. The number of ether oxygens (including phenoxy) is 1. The first-order valence-electron chi connectivity index (χ1n) is 7.37. The van der Waals surface area contributed by atoms with E-state index >= 15 is 0 Å². The van der Waals surface area contributed by atoms with Crippen LogP contribution in [0.5, 0.6) is 0 Å². The van der Waals surface area contributed by atoms with Gasteiger partial charge in [-0.1, -0.05) is 6.07 Å². The van der Waals surface area contributed by atoms with E-state index in [1.807, 2.05) is 19.1 Å². The van der Waals surface area contributed by atoms with E-state index in [-0.39, 0.29) is 12.2 Å². The molecule has 1 atom stereocenters. The maximum atomic E-state index is 11.7. The average molecular weight is 275 g/mol. The van der Waals surface area contributed by atoms with Gasteiger partial charge in [0.1, 0.15) is 11.9 Å². The number of nitrogens with zero attached hydrogens (tertiary/aromatic N) is 2. The Labute approximate surface area is 119 Å². The third kappa shape index (κ3) is 2.93. The second kappa shape index (κ2) is 5.79. The minimum absolute atomic E-state index is 0.0580. The zero-order valence-corrected chi connectivity index (χ0v) is 11.8. The summed E-state index contributed by atoms with van der Waals surface area (Å²) in [5.41, 5.74) is 1.07. The number of nitrogens with one attached hydrogen (secondary N) is 1. The lowest BCUT2D eigenvalue weighted by molar-refractivity contribution is 0.150. The van der Waals surface area contributed by atoms with E-state index in [1.54, 1.807) is 4.90 Å². The van der Waals surface area contributed by atoms with Crippen molar-refractivity contribution in [2.75, 3.05) is 24.5 Å². The number of carbonyl (C=O) groups is 1. The number of carbonyl (C=O) groups excluding carboxylic acids is 1. The largest absolute Gasteiger partial charge is 0.444 e. The smallest absolute Gasteiger partial charge is 0.415 e. The Morgan fingerprint density at radius 1 is 1.40 bits per heavy atom. The van der Waals surface area contributed by atoms with E-state index in [2.05, 4.69) is 16.4 Å². The van der Waals surface area contributed by atoms with Crippen molar-refractivity contribution in [1.29, 1.82) is 0 Å². The molecular formula is C15H21N3O2. The molecule has 1 aromatic rings. The van der Waals surface area contributed by atoms with Gasteiger partial charge in [-0.2, -0.15) is 0 Å². The van der Waals surface area contributed by atoms with Gasteiger partial charge < -0.3 is 10.1 Å². The van der Waals surface area contributed by atoms with Crippen LogP contribution >= 0.6 is 0 Å². The highest BCUT2D eigenvalue weighted by Crippen LogP contribution is 2.22. The molecule has 0 radical (unpaired) electrons. The van der Waals surface area contributed by atoms with Crippen LogP contribution in [0, 0.1) is 5.92 Å². The summed E-state index contributed by atoms with van der Waals surface area (Å²) in [5, 5.41) is 3.38. The zero-order valence-electron chi connectivity index (χ0n) is 11.8. The molecule has 3 rings (SSSR count). The van der Waals surface area contributed by atoms with Crippen LogP contribution in [0.4, 0.5) is 10.6 Å². The van der Waals surface area contributed by atoms with Crippen molar-refractivity contribution in [2.45, 2.75) is 32.3 Å². The summed E-state index contributed by atoms with van der Waals surface area (Å²) in [5.74, 6) is 1.41. The Kier molecular flexibility index (Phi) is 3.87. The van der Waals surface area contributed by atoms with Crippen molar-refractivity contribution in [3.8, 4) is 0 Å². The van der Waals surface area contributed by atoms with Crippen molar-refractivity contribution >= 4 is 11.9 Å². The molecule has 0 aromatic carbocycles. The molecule has 0 saturated carbocycles. The van der Waals surface area contributed by atoms with Gasteiger partial charge in [0, 0.05) is 5.69 Å². The summed E-state index contributed by atoms with van der Waals surface area (Å²) in [6.07, 6.45) is 3.05. The molecule has 0 spiro atoms. The van der Waals surface area contributed by atoms with Gasteiger partial charge in [0.15, 0.2) is 0 Å². The summed E-state index contributed by atoms with van der Waals surface area (Å²) in [6, 6.07) is 5.91. The Hall–Kier alpha value is -1.62. The Balaban J connectivity index is 1.70. The van der Waals surface area contributed by atoms with Gasteiger partial charge in [0.05, 0.1) is 6.54 Å². The van der Waals surface area contributed by atoms with E-state index < -0.39 is 0 Å². The molecule has 5 heteroatoms. The second-order valence-electron chi connectivity index (χ2n) is 5.69. The van der Waals surface area contributed by atoms with Crippen LogP contribution in [0.2, 0.25) is 0 Å². The fourth-order valence-corrected chi connectivity index (χ4v) is 2.90. The highest BCUT2D eigenvalue weighted by Gasteiger charge is 2.30. The van der Waals surface area contributed by atoms with Gasteiger partial charge in [0.25, 0.3) is 0 Å². The van der Waals surface area contributed by atoms with Crippen molar-refractivity contribution in [1.82, 2.24) is 10.3 Å². The quantitative estimate of drug-likeness (QED) is 0.916. The van der Waals surface area contributed by atoms with Crippen molar-refractivity contribution in [2.24, 2.45) is 5.92 Å². The van der Waals surface area contributed by atoms with Crippen molar-refractivity contribution in [3.05, 3.63) is 23.9 Å². The standard InChI is InChI=1S/C15H21N3O2/c1-11-10-18(15(19)20-11)14-4-2-3-13(17-14)9-12-5-7-16-8-6-12/h2-4,11-12,16H,5-10H2,1H3/t11-/m0/s1. The maximum absolute atomic E-state index is 11.7. The van der Waals surface area contributed by atoms with E-state index in [0.717, 1.165) is 25.2 Å². The summed E-state index contributed by atoms with van der Waals surface area (Å²) in [4.78, 5) is 18.0. The molecular weight excluding hydrogens is 254 g/mol. The van der Waals surface area contributed by atoms with E-state index in [9.17, 15) is 4.79 Å². The zero-order chi connectivity index (χ0) is 13.9. The number of rotatable bonds is 3. The van der Waals surface area contributed by atoms with Crippen LogP contribution in [0.15, 0.2) is 18.2 Å². The Morgan fingerprint density at radius 2 is 2.20 bits per heavy atom. The lowest BCUT2D eigenvalue weighted by Gasteiger charge is -2.22. The van der Waals surface area contributed by atoms with Crippen LogP contribution < -0.4 is 10.2 Å². The number of amides is 1. The molecule has 2 aliphatic heterocycles. The Bertz CT molecular complexity index is 486. The van der Waals surface area contributed by atoms with Gasteiger partial charge in [-0.15, -0.1) is 0 Å². The monoisotopic (exact) mass is 275 g/mol. The second-order valence-corrected chi connectivity index (χ2v) is 5.69. The third-order valence-electron chi connectivity index (χ3n) is 3.99. The van der Waals surface area contributed by atoms with E-state index in [0.29, 0.717) is 18.3 Å². The molecule has 1 amide bonds. The molecule has 2 aliphatic rings. The molecule has 0 bridgehead atoms. The van der Waals surface area contributed by atoms with Crippen molar-refractivity contribution < 1.29 is 9.53 Å². The highest BCUT2D eigenvalue weighted by molar-refractivity contribution is 5.88. The predicted octanol–water partition coefficient (Wildman–Crippen LogP) is 1.97. The minimum Gasteiger partial charge on any atom is -0.444 e.